The Morgan fingerprint density at radius 2 is 2.00 bits per heavy atom. The lowest BCUT2D eigenvalue weighted by Crippen LogP contribution is -2.32. The van der Waals surface area contributed by atoms with Crippen LogP contribution in [0.5, 0.6) is 0 Å². The molecule has 0 saturated carbocycles. The van der Waals surface area contributed by atoms with Crippen molar-refractivity contribution in [2.75, 3.05) is 19.6 Å². The maximum absolute atomic E-state index is 13.4. The lowest BCUT2D eigenvalue weighted by molar-refractivity contribution is -0.137. The molecule has 2 saturated heterocycles. The van der Waals surface area contributed by atoms with Crippen molar-refractivity contribution in [3.8, 4) is 0 Å². The van der Waals surface area contributed by atoms with E-state index < -0.39 is 17.6 Å². The summed E-state index contributed by atoms with van der Waals surface area (Å²) in [5.41, 5.74) is -0.520. The Morgan fingerprint density at radius 3 is 2.67 bits per heavy atom. The molecule has 0 aliphatic carbocycles. The molecule has 3 rings (SSSR count). The molecule has 116 valence electrons. The minimum atomic E-state index is -4.51. The van der Waals surface area contributed by atoms with Crippen LogP contribution < -0.4 is 5.32 Å². The van der Waals surface area contributed by atoms with Gasteiger partial charge in [0.2, 0.25) is 0 Å². The van der Waals surface area contributed by atoms with Gasteiger partial charge in [-0.3, -0.25) is 4.90 Å². The fraction of sp³-hybridized carbons (Fsp3) is 0.600. The Hall–Kier alpha value is -1.14. The highest BCUT2D eigenvalue weighted by atomic mass is 19.4. The zero-order valence-electron chi connectivity index (χ0n) is 11.8. The van der Waals surface area contributed by atoms with Gasteiger partial charge in [-0.15, -0.1) is 0 Å². The molecular weight excluding hydrogens is 284 g/mol. The van der Waals surface area contributed by atoms with E-state index in [1.807, 2.05) is 0 Å². The van der Waals surface area contributed by atoms with Crippen molar-refractivity contribution in [1.29, 1.82) is 0 Å². The lowest BCUT2D eigenvalue weighted by Gasteiger charge is -2.24. The Labute approximate surface area is 121 Å². The SMILES string of the molecule is CC1C2CNCC2CN1Cc1cc(F)cc(C(F)(F)F)c1. The minimum absolute atomic E-state index is 0.308. The molecule has 1 aromatic carbocycles. The summed E-state index contributed by atoms with van der Waals surface area (Å²) in [6.07, 6.45) is -4.51. The third-order valence-electron chi connectivity index (χ3n) is 4.73. The van der Waals surface area contributed by atoms with Crippen LogP contribution in [0.15, 0.2) is 18.2 Å². The van der Waals surface area contributed by atoms with Crippen molar-refractivity contribution in [2.24, 2.45) is 11.8 Å². The van der Waals surface area contributed by atoms with Gasteiger partial charge in [0.1, 0.15) is 5.82 Å². The zero-order valence-corrected chi connectivity index (χ0v) is 11.8. The van der Waals surface area contributed by atoms with Crippen LogP contribution in [0.2, 0.25) is 0 Å². The Morgan fingerprint density at radius 1 is 1.24 bits per heavy atom. The maximum atomic E-state index is 13.4. The summed E-state index contributed by atoms with van der Waals surface area (Å²) in [6, 6.07) is 3.12. The van der Waals surface area contributed by atoms with Crippen LogP contribution >= 0.6 is 0 Å². The molecule has 3 unspecified atom stereocenters. The first-order chi connectivity index (χ1) is 9.84. The second-order valence-electron chi connectivity index (χ2n) is 6.10. The number of halogens is 4. The van der Waals surface area contributed by atoms with Gasteiger partial charge in [0.15, 0.2) is 0 Å². The van der Waals surface area contributed by atoms with E-state index >= 15 is 0 Å². The van der Waals surface area contributed by atoms with Gasteiger partial charge >= 0.3 is 6.18 Å². The fourth-order valence-electron chi connectivity index (χ4n) is 3.60. The molecule has 2 aliphatic rings. The molecule has 2 nitrogen and oxygen atoms in total. The largest absolute Gasteiger partial charge is 0.416 e. The monoisotopic (exact) mass is 302 g/mol. The summed E-state index contributed by atoms with van der Waals surface area (Å²) in [5, 5.41) is 3.34. The number of benzene rings is 1. The van der Waals surface area contributed by atoms with Gasteiger partial charge in [0.05, 0.1) is 5.56 Å². The van der Waals surface area contributed by atoms with E-state index in [9.17, 15) is 17.6 Å². The predicted octanol–water partition coefficient (Wildman–Crippen LogP) is 2.88. The van der Waals surface area contributed by atoms with E-state index in [1.54, 1.807) is 0 Å². The van der Waals surface area contributed by atoms with Crippen LogP contribution in [0.3, 0.4) is 0 Å². The number of rotatable bonds is 2. The van der Waals surface area contributed by atoms with Crippen LogP contribution in [0.1, 0.15) is 18.1 Å². The van der Waals surface area contributed by atoms with E-state index in [-0.39, 0.29) is 0 Å². The molecule has 2 heterocycles. The first-order valence-corrected chi connectivity index (χ1v) is 7.16. The average Bonchev–Trinajstić information content (AvgIpc) is 2.93. The van der Waals surface area contributed by atoms with E-state index in [0.29, 0.717) is 36.1 Å². The van der Waals surface area contributed by atoms with Crippen LogP contribution in [0.25, 0.3) is 0 Å². The molecule has 0 amide bonds. The van der Waals surface area contributed by atoms with Crippen LogP contribution in [0, 0.1) is 17.7 Å². The number of hydrogen-bond donors (Lipinski definition) is 1. The molecule has 0 spiro atoms. The van der Waals surface area contributed by atoms with Crippen molar-refractivity contribution >= 4 is 0 Å². The molecule has 2 aliphatic heterocycles. The normalized spacial score (nSPS) is 29.9. The van der Waals surface area contributed by atoms with Crippen molar-refractivity contribution in [3.05, 3.63) is 35.1 Å². The van der Waals surface area contributed by atoms with E-state index in [2.05, 4.69) is 17.1 Å². The van der Waals surface area contributed by atoms with Crippen molar-refractivity contribution < 1.29 is 17.6 Å². The molecule has 21 heavy (non-hydrogen) atoms. The topological polar surface area (TPSA) is 15.3 Å². The number of nitrogens with zero attached hydrogens (tertiary/aromatic N) is 1. The van der Waals surface area contributed by atoms with E-state index in [4.69, 9.17) is 0 Å². The standard InChI is InChI=1S/C15H18F4N2/c1-9-14-6-20-5-11(14)8-21(9)7-10-2-12(15(17,18)19)4-13(16)3-10/h2-4,9,11,14,20H,5-8H2,1H3. The highest BCUT2D eigenvalue weighted by Crippen LogP contribution is 2.34. The number of fused-ring (bicyclic) bond motifs is 1. The summed E-state index contributed by atoms with van der Waals surface area (Å²) < 4.78 is 51.6. The molecule has 0 radical (unpaired) electrons. The van der Waals surface area contributed by atoms with Gasteiger partial charge in [-0.2, -0.15) is 13.2 Å². The van der Waals surface area contributed by atoms with Gasteiger partial charge in [-0.25, -0.2) is 4.39 Å². The van der Waals surface area contributed by atoms with Crippen LogP contribution in [0.4, 0.5) is 17.6 Å². The zero-order chi connectivity index (χ0) is 15.2. The molecule has 6 heteroatoms. The third kappa shape index (κ3) is 2.92. The van der Waals surface area contributed by atoms with E-state index in [1.165, 1.54) is 6.07 Å². The molecule has 0 bridgehead atoms. The Bertz CT molecular complexity index is 529. The Kier molecular flexibility index (Phi) is 3.69. The highest BCUT2D eigenvalue weighted by molar-refractivity contribution is 5.27. The second-order valence-corrected chi connectivity index (χ2v) is 6.10. The van der Waals surface area contributed by atoms with Crippen molar-refractivity contribution in [3.63, 3.8) is 0 Å². The fourth-order valence-corrected chi connectivity index (χ4v) is 3.60. The van der Waals surface area contributed by atoms with E-state index in [0.717, 1.165) is 25.7 Å². The van der Waals surface area contributed by atoms with Gasteiger partial charge in [-0.05, 0) is 55.6 Å². The molecule has 1 aromatic rings. The van der Waals surface area contributed by atoms with Crippen LogP contribution in [-0.4, -0.2) is 30.6 Å². The summed E-state index contributed by atoms with van der Waals surface area (Å²) in [5.74, 6) is 0.268. The lowest BCUT2D eigenvalue weighted by atomic mass is 9.95. The van der Waals surface area contributed by atoms with Crippen molar-refractivity contribution in [2.45, 2.75) is 25.7 Å². The maximum Gasteiger partial charge on any atom is 0.416 e. The first kappa shape index (κ1) is 14.8. The average molecular weight is 302 g/mol. The van der Waals surface area contributed by atoms with Crippen LogP contribution in [-0.2, 0) is 12.7 Å². The molecular formula is C15H18F4N2. The number of hydrogen-bond acceptors (Lipinski definition) is 2. The first-order valence-electron chi connectivity index (χ1n) is 7.16. The third-order valence-corrected chi connectivity index (χ3v) is 4.73. The molecule has 2 fully saturated rings. The Balaban J connectivity index is 1.78. The molecule has 3 atom stereocenters. The van der Waals surface area contributed by atoms with Gasteiger partial charge < -0.3 is 5.32 Å². The minimum Gasteiger partial charge on any atom is -0.316 e. The highest BCUT2D eigenvalue weighted by Gasteiger charge is 2.41. The van der Waals surface area contributed by atoms with Gasteiger partial charge in [0.25, 0.3) is 0 Å². The number of nitrogens with one attached hydrogen (secondary N) is 1. The molecule has 0 aromatic heterocycles. The predicted molar refractivity (Wildman–Crippen MR) is 71.1 cm³/mol. The number of alkyl halides is 3. The summed E-state index contributed by atoms with van der Waals surface area (Å²) >= 11 is 0. The summed E-state index contributed by atoms with van der Waals surface area (Å²) in [6.45, 7) is 5.25. The van der Waals surface area contributed by atoms with Gasteiger partial charge in [-0.1, -0.05) is 0 Å². The van der Waals surface area contributed by atoms with Gasteiger partial charge in [0, 0.05) is 19.1 Å². The smallest absolute Gasteiger partial charge is 0.316 e. The summed E-state index contributed by atoms with van der Waals surface area (Å²) in [7, 11) is 0. The number of likely N-dealkylation sites (tertiary alicyclic amines) is 1. The summed E-state index contributed by atoms with van der Waals surface area (Å²) in [4.78, 5) is 2.16. The quantitative estimate of drug-likeness (QED) is 0.845. The van der Waals surface area contributed by atoms with Crippen molar-refractivity contribution in [1.82, 2.24) is 10.2 Å². The molecule has 1 N–H and O–H groups in total. The second kappa shape index (κ2) is 5.25.